The summed E-state index contributed by atoms with van der Waals surface area (Å²) in [5.41, 5.74) is 2.08. The largest absolute Gasteiger partial charge is 0.383 e. The van der Waals surface area contributed by atoms with Gasteiger partial charge in [0.05, 0.1) is 28.6 Å². The van der Waals surface area contributed by atoms with Gasteiger partial charge in [0, 0.05) is 25.3 Å². The minimum Gasteiger partial charge on any atom is -0.383 e. The van der Waals surface area contributed by atoms with Gasteiger partial charge in [-0.15, -0.1) is 0 Å². The van der Waals surface area contributed by atoms with E-state index in [1.807, 2.05) is 38.1 Å². The van der Waals surface area contributed by atoms with Crippen molar-refractivity contribution in [3.05, 3.63) is 64.0 Å². The Kier molecular flexibility index (Phi) is 6.63. The zero-order chi connectivity index (χ0) is 21.7. The molecule has 2 aromatic carbocycles. The molecule has 9 nitrogen and oxygen atoms in total. The molecule has 1 unspecified atom stereocenters. The zero-order valence-electron chi connectivity index (χ0n) is 17.1. The Morgan fingerprint density at radius 1 is 1.27 bits per heavy atom. The van der Waals surface area contributed by atoms with Gasteiger partial charge in [-0.3, -0.25) is 14.9 Å². The van der Waals surface area contributed by atoms with Crippen molar-refractivity contribution < 1.29 is 14.5 Å². The maximum Gasteiger partial charge on any atom is 0.293 e. The molecule has 158 valence electrons. The van der Waals surface area contributed by atoms with Gasteiger partial charge in [0.15, 0.2) is 0 Å². The lowest BCUT2D eigenvalue weighted by Gasteiger charge is -2.20. The number of imidazole rings is 1. The van der Waals surface area contributed by atoms with Crippen LogP contribution in [0.3, 0.4) is 0 Å². The maximum absolute atomic E-state index is 12.9. The fourth-order valence-electron chi connectivity index (χ4n) is 3.16. The molecule has 0 saturated heterocycles. The van der Waals surface area contributed by atoms with Crippen LogP contribution in [0, 0.1) is 16.0 Å². The number of anilines is 1. The third-order valence-corrected chi connectivity index (χ3v) is 4.73. The topological polar surface area (TPSA) is 122 Å². The predicted octanol–water partition coefficient (Wildman–Crippen LogP) is 3.66. The highest BCUT2D eigenvalue weighted by molar-refractivity contribution is 5.96. The summed E-state index contributed by atoms with van der Waals surface area (Å²) in [5.74, 6) is 0.298. The van der Waals surface area contributed by atoms with Crippen LogP contribution in [-0.2, 0) is 4.74 Å². The molecule has 1 aromatic heterocycles. The number of methoxy groups -OCH3 is 1. The molecule has 0 spiro atoms. The van der Waals surface area contributed by atoms with Gasteiger partial charge >= 0.3 is 0 Å². The van der Waals surface area contributed by atoms with Crippen molar-refractivity contribution in [1.82, 2.24) is 15.3 Å². The quantitative estimate of drug-likeness (QED) is 0.281. The van der Waals surface area contributed by atoms with Crippen molar-refractivity contribution >= 4 is 28.3 Å². The molecule has 1 heterocycles. The molecule has 0 fully saturated rings. The highest BCUT2D eigenvalue weighted by Crippen LogP contribution is 2.27. The fourth-order valence-corrected chi connectivity index (χ4v) is 3.16. The molecular formula is C21H25N5O4. The molecule has 3 rings (SSSR count). The Morgan fingerprint density at radius 3 is 2.70 bits per heavy atom. The second-order valence-electron chi connectivity index (χ2n) is 7.24. The number of amides is 1. The van der Waals surface area contributed by atoms with Crippen LogP contribution in [0.5, 0.6) is 0 Å². The number of rotatable bonds is 9. The van der Waals surface area contributed by atoms with Gasteiger partial charge in [-0.2, -0.15) is 0 Å². The molecule has 9 heteroatoms. The minimum atomic E-state index is -0.509. The van der Waals surface area contributed by atoms with E-state index in [4.69, 9.17) is 4.74 Å². The highest BCUT2D eigenvalue weighted by Gasteiger charge is 2.24. The van der Waals surface area contributed by atoms with E-state index in [2.05, 4.69) is 20.6 Å². The van der Waals surface area contributed by atoms with Crippen LogP contribution >= 0.6 is 0 Å². The van der Waals surface area contributed by atoms with Crippen molar-refractivity contribution in [3.63, 3.8) is 0 Å². The summed E-state index contributed by atoms with van der Waals surface area (Å²) in [6.07, 6.45) is 0. The Labute approximate surface area is 174 Å². The molecule has 3 N–H and O–H groups in total. The van der Waals surface area contributed by atoms with E-state index in [0.717, 1.165) is 11.0 Å². The smallest absolute Gasteiger partial charge is 0.293 e. The molecule has 0 aliphatic rings. The maximum atomic E-state index is 12.9. The number of nitro benzene ring substituents is 1. The van der Waals surface area contributed by atoms with E-state index in [0.29, 0.717) is 24.7 Å². The number of hydrogen-bond donors (Lipinski definition) is 3. The predicted molar refractivity (Wildman–Crippen MR) is 115 cm³/mol. The molecular weight excluding hydrogens is 386 g/mol. The Bertz CT molecular complexity index is 1010. The number of aromatic nitrogens is 2. The first-order chi connectivity index (χ1) is 14.4. The third kappa shape index (κ3) is 4.74. The number of carbonyl (C=O) groups excluding carboxylic acids is 1. The monoisotopic (exact) mass is 411 g/mol. The molecule has 0 bridgehead atoms. The Morgan fingerprint density at radius 2 is 2.03 bits per heavy atom. The number of para-hydroxylation sites is 2. The van der Waals surface area contributed by atoms with Gasteiger partial charge in [0.2, 0.25) is 0 Å². The Hall–Kier alpha value is -3.46. The Balaban J connectivity index is 1.83. The normalized spacial score (nSPS) is 12.1. The van der Waals surface area contributed by atoms with Crippen molar-refractivity contribution in [3.8, 4) is 0 Å². The van der Waals surface area contributed by atoms with Gasteiger partial charge in [-0.1, -0.05) is 26.0 Å². The molecule has 0 radical (unpaired) electrons. The molecule has 3 aromatic rings. The lowest BCUT2D eigenvalue weighted by molar-refractivity contribution is -0.384. The van der Waals surface area contributed by atoms with Crippen molar-refractivity contribution in [2.45, 2.75) is 19.9 Å². The van der Waals surface area contributed by atoms with E-state index in [-0.39, 0.29) is 23.2 Å². The van der Waals surface area contributed by atoms with E-state index >= 15 is 0 Å². The van der Waals surface area contributed by atoms with Crippen LogP contribution in [0.2, 0.25) is 0 Å². The lowest BCUT2D eigenvalue weighted by Crippen LogP contribution is -2.32. The number of ether oxygens (including phenoxy) is 1. The molecule has 30 heavy (non-hydrogen) atoms. The summed E-state index contributed by atoms with van der Waals surface area (Å²) >= 11 is 0. The van der Waals surface area contributed by atoms with Gasteiger partial charge in [0.25, 0.3) is 11.6 Å². The van der Waals surface area contributed by atoms with Gasteiger partial charge < -0.3 is 20.4 Å². The molecule has 1 amide bonds. The molecule has 1 atom stereocenters. The van der Waals surface area contributed by atoms with Gasteiger partial charge in [0.1, 0.15) is 11.5 Å². The number of aromatic amines is 1. The SMILES string of the molecule is COCCNc1ccc(C(=O)NC(c2nc3ccccc3[nH]2)C(C)C)cc1[N+](=O)[O-]. The van der Waals surface area contributed by atoms with E-state index in [9.17, 15) is 14.9 Å². The molecule has 0 aliphatic heterocycles. The second kappa shape index (κ2) is 9.36. The summed E-state index contributed by atoms with van der Waals surface area (Å²) in [7, 11) is 1.55. The van der Waals surface area contributed by atoms with Crippen LogP contribution in [0.4, 0.5) is 11.4 Å². The van der Waals surface area contributed by atoms with Crippen molar-refractivity contribution in [1.29, 1.82) is 0 Å². The molecule has 0 saturated carbocycles. The number of fused-ring (bicyclic) bond motifs is 1. The summed E-state index contributed by atoms with van der Waals surface area (Å²) in [6.45, 7) is 4.78. The van der Waals surface area contributed by atoms with Gasteiger partial charge in [-0.25, -0.2) is 4.98 Å². The number of nitro groups is 1. The first kappa shape index (κ1) is 21.3. The fraction of sp³-hybridized carbons (Fsp3) is 0.333. The lowest BCUT2D eigenvalue weighted by atomic mass is 10.0. The minimum absolute atomic E-state index is 0.0551. The first-order valence-corrected chi connectivity index (χ1v) is 9.67. The third-order valence-electron chi connectivity index (χ3n) is 4.73. The van der Waals surface area contributed by atoms with Crippen LogP contribution in [0.1, 0.15) is 36.1 Å². The highest BCUT2D eigenvalue weighted by atomic mass is 16.6. The standard InChI is InChI=1S/C21H25N5O4/c1-13(2)19(20-23-15-6-4-5-7-16(15)24-20)25-21(27)14-8-9-17(22-10-11-30-3)18(12-14)26(28)29/h4-9,12-13,19,22H,10-11H2,1-3H3,(H,23,24)(H,25,27). The number of nitrogens with one attached hydrogen (secondary N) is 3. The summed E-state index contributed by atoms with van der Waals surface area (Å²) in [6, 6.07) is 11.6. The van der Waals surface area contributed by atoms with Crippen LogP contribution in [-0.4, -0.2) is 41.1 Å². The zero-order valence-corrected chi connectivity index (χ0v) is 17.1. The number of nitrogens with zero attached hydrogens (tertiary/aromatic N) is 2. The number of hydrogen-bond acceptors (Lipinski definition) is 6. The first-order valence-electron chi connectivity index (χ1n) is 9.67. The second-order valence-corrected chi connectivity index (χ2v) is 7.24. The van der Waals surface area contributed by atoms with E-state index < -0.39 is 10.8 Å². The summed E-state index contributed by atoms with van der Waals surface area (Å²) in [4.78, 5) is 31.7. The van der Waals surface area contributed by atoms with Crippen LogP contribution in [0.25, 0.3) is 11.0 Å². The summed E-state index contributed by atoms with van der Waals surface area (Å²) < 4.78 is 4.95. The van der Waals surface area contributed by atoms with E-state index in [1.54, 1.807) is 13.2 Å². The van der Waals surface area contributed by atoms with Crippen LogP contribution in [0.15, 0.2) is 42.5 Å². The average Bonchev–Trinajstić information content (AvgIpc) is 3.15. The molecule has 0 aliphatic carbocycles. The number of H-pyrrole nitrogens is 1. The summed E-state index contributed by atoms with van der Waals surface area (Å²) in [5, 5.41) is 17.4. The van der Waals surface area contributed by atoms with Gasteiger partial charge in [-0.05, 0) is 30.2 Å². The van der Waals surface area contributed by atoms with Crippen LogP contribution < -0.4 is 10.6 Å². The number of benzene rings is 2. The van der Waals surface area contributed by atoms with Crippen molar-refractivity contribution in [2.24, 2.45) is 5.92 Å². The number of carbonyl (C=O) groups is 1. The van der Waals surface area contributed by atoms with E-state index in [1.165, 1.54) is 12.1 Å². The average molecular weight is 411 g/mol. The van der Waals surface area contributed by atoms with Crippen molar-refractivity contribution in [2.75, 3.05) is 25.6 Å².